The molecule has 1 aromatic rings. The van der Waals surface area contributed by atoms with Crippen LogP contribution in [0.4, 0.5) is 4.39 Å². The van der Waals surface area contributed by atoms with Crippen LogP contribution in [0.3, 0.4) is 0 Å². The van der Waals surface area contributed by atoms with Crippen molar-refractivity contribution in [2.24, 2.45) is 0 Å². The van der Waals surface area contributed by atoms with Crippen molar-refractivity contribution in [2.75, 3.05) is 13.7 Å². The Kier molecular flexibility index (Phi) is 7.96. The van der Waals surface area contributed by atoms with E-state index in [-0.39, 0.29) is 23.6 Å². The summed E-state index contributed by atoms with van der Waals surface area (Å²) in [5.74, 6) is -1.53. The first-order valence-electron chi connectivity index (χ1n) is 7.38. The minimum atomic E-state index is -0.765. The van der Waals surface area contributed by atoms with Gasteiger partial charge in [-0.05, 0) is 31.0 Å². The fourth-order valence-corrected chi connectivity index (χ4v) is 2.04. The highest BCUT2D eigenvalue weighted by atomic mass is 19.1. The van der Waals surface area contributed by atoms with E-state index in [1.165, 1.54) is 19.2 Å². The van der Waals surface area contributed by atoms with Gasteiger partial charge < -0.3 is 15.2 Å². The van der Waals surface area contributed by atoms with Gasteiger partial charge in [-0.25, -0.2) is 4.39 Å². The van der Waals surface area contributed by atoms with E-state index in [0.29, 0.717) is 13.0 Å². The van der Waals surface area contributed by atoms with E-state index in [1.54, 1.807) is 0 Å². The average molecular weight is 311 g/mol. The summed E-state index contributed by atoms with van der Waals surface area (Å²) < 4.78 is 18.3. The van der Waals surface area contributed by atoms with Crippen molar-refractivity contribution in [3.05, 3.63) is 29.6 Å². The highest BCUT2D eigenvalue weighted by molar-refractivity contribution is 5.94. The summed E-state index contributed by atoms with van der Waals surface area (Å²) in [5.41, 5.74) is 0.264. The van der Waals surface area contributed by atoms with Crippen LogP contribution in [0.5, 0.6) is 5.75 Å². The molecule has 1 rings (SSSR count). The van der Waals surface area contributed by atoms with Crippen molar-refractivity contribution in [1.82, 2.24) is 5.32 Å². The number of hydrogen-bond acceptors (Lipinski definition) is 3. The SMILES string of the molecule is COc1ccc(C(=O)NCCCCCCCC(=O)O)cc1F. The van der Waals surface area contributed by atoms with Crippen molar-refractivity contribution in [2.45, 2.75) is 38.5 Å². The molecule has 0 aliphatic carbocycles. The van der Waals surface area contributed by atoms with Crippen LogP contribution in [-0.4, -0.2) is 30.6 Å². The number of ether oxygens (including phenoxy) is 1. The van der Waals surface area contributed by atoms with E-state index in [0.717, 1.165) is 31.7 Å². The number of nitrogens with one attached hydrogen (secondary N) is 1. The summed E-state index contributed by atoms with van der Waals surface area (Å²) in [4.78, 5) is 22.1. The Morgan fingerprint density at radius 3 is 2.50 bits per heavy atom. The molecule has 22 heavy (non-hydrogen) atoms. The van der Waals surface area contributed by atoms with Crippen LogP contribution < -0.4 is 10.1 Å². The van der Waals surface area contributed by atoms with Crippen LogP contribution >= 0.6 is 0 Å². The molecule has 2 N–H and O–H groups in total. The number of aliphatic carboxylic acids is 1. The molecule has 122 valence electrons. The first kappa shape index (κ1) is 17.9. The number of carboxylic acids is 1. The monoisotopic (exact) mass is 311 g/mol. The number of carboxylic acid groups (broad SMARTS) is 1. The maximum Gasteiger partial charge on any atom is 0.303 e. The van der Waals surface area contributed by atoms with Gasteiger partial charge in [0, 0.05) is 18.5 Å². The summed E-state index contributed by atoms with van der Waals surface area (Å²) in [6.45, 7) is 0.519. The summed E-state index contributed by atoms with van der Waals surface area (Å²) >= 11 is 0. The molecular weight excluding hydrogens is 289 g/mol. The first-order chi connectivity index (χ1) is 10.5. The third kappa shape index (κ3) is 6.56. The number of benzene rings is 1. The Bertz CT molecular complexity index is 505. The van der Waals surface area contributed by atoms with Gasteiger partial charge in [-0.3, -0.25) is 9.59 Å². The zero-order valence-electron chi connectivity index (χ0n) is 12.7. The summed E-state index contributed by atoms with van der Waals surface area (Å²) in [6, 6.07) is 4.09. The fourth-order valence-electron chi connectivity index (χ4n) is 2.04. The Morgan fingerprint density at radius 2 is 1.86 bits per heavy atom. The zero-order valence-corrected chi connectivity index (χ0v) is 12.7. The van der Waals surface area contributed by atoms with Crippen molar-refractivity contribution >= 4 is 11.9 Å². The lowest BCUT2D eigenvalue weighted by molar-refractivity contribution is -0.137. The van der Waals surface area contributed by atoms with Gasteiger partial charge in [0.15, 0.2) is 11.6 Å². The molecule has 0 aliphatic heterocycles. The molecule has 0 saturated heterocycles. The molecule has 5 nitrogen and oxygen atoms in total. The number of carbonyl (C=O) groups excluding carboxylic acids is 1. The van der Waals surface area contributed by atoms with Crippen molar-refractivity contribution in [1.29, 1.82) is 0 Å². The second kappa shape index (κ2) is 9.76. The number of halogens is 1. The molecule has 0 aliphatic rings. The molecule has 0 heterocycles. The molecule has 1 amide bonds. The molecule has 1 aromatic carbocycles. The maximum atomic E-state index is 13.5. The molecule has 0 saturated carbocycles. The van der Waals surface area contributed by atoms with Crippen molar-refractivity contribution in [3.8, 4) is 5.75 Å². The van der Waals surface area contributed by atoms with Crippen LogP contribution in [0, 0.1) is 5.82 Å². The standard InChI is InChI=1S/C16H22FNO4/c1-22-14-9-8-12(11-13(14)17)16(21)18-10-6-4-2-3-5-7-15(19)20/h8-9,11H,2-7,10H2,1H3,(H,18,21)(H,19,20). The Labute approximate surface area is 129 Å². The highest BCUT2D eigenvalue weighted by Gasteiger charge is 2.09. The molecule has 0 spiro atoms. The van der Waals surface area contributed by atoms with Crippen LogP contribution in [0.15, 0.2) is 18.2 Å². The Morgan fingerprint density at radius 1 is 1.18 bits per heavy atom. The van der Waals surface area contributed by atoms with Gasteiger partial charge in [0.2, 0.25) is 0 Å². The van der Waals surface area contributed by atoms with E-state index in [2.05, 4.69) is 5.32 Å². The van der Waals surface area contributed by atoms with Gasteiger partial charge in [-0.2, -0.15) is 0 Å². The number of rotatable bonds is 10. The summed E-state index contributed by atoms with van der Waals surface area (Å²) in [5, 5.41) is 11.2. The second-order valence-corrected chi connectivity index (χ2v) is 5.02. The van der Waals surface area contributed by atoms with E-state index in [4.69, 9.17) is 9.84 Å². The minimum absolute atomic E-state index is 0.109. The summed E-state index contributed by atoms with van der Waals surface area (Å²) in [6.07, 6.45) is 4.46. The van der Waals surface area contributed by atoms with E-state index < -0.39 is 11.8 Å². The predicted octanol–water partition coefficient (Wildman–Crippen LogP) is 2.99. The number of unbranched alkanes of at least 4 members (excludes halogenated alkanes) is 4. The quantitative estimate of drug-likeness (QED) is 0.651. The molecular formula is C16H22FNO4. The van der Waals surface area contributed by atoms with Gasteiger partial charge in [-0.1, -0.05) is 19.3 Å². The van der Waals surface area contributed by atoms with Crippen molar-refractivity contribution in [3.63, 3.8) is 0 Å². The highest BCUT2D eigenvalue weighted by Crippen LogP contribution is 2.17. The number of hydrogen-bond donors (Lipinski definition) is 2. The van der Waals surface area contributed by atoms with Gasteiger partial charge in [-0.15, -0.1) is 0 Å². The molecule has 0 aromatic heterocycles. The van der Waals surface area contributed by atoms with Gasteiger partial charge >= 0.3 is 5.97 Å². The molecule has 0 unspecified atom stereocenters. The zero-order chi connectivity index (χ0) is 16.4. The van der Waals surface area contributed by atoms with Crippen LogP contribution in [0.2, 0.25) is 0 Å². The predicted molar refractivity (Wildman–Crippen MR) is 80.6 cm³/mol. The van der Waals surface area contributed by atoms with Crippen LogP contribution in [0.25, 0.3) is 0 Å². The molecule has 0 bridgehead atoms. The second-order valence-electron chi connectivity index (χ2n) is 5.02. The largest absolute Gasteiger partial charge is 0.494 e. The van der Waals surface area contributed by atoms with E-state index in [9.17, 15) is 14.0 Å². The lowest BCUT2D eigenvalue weighted by atomic mass is 10.1. The molecule has 0 fully saturated rings. The van der Waals surface area contributed by atoms with Crippen molar-refractivity contribution < 1.29 is 23.8 Å². The Hall–Kier alpha value is -2.11. The first-order valence-corrected chi connectivity index (χ1v) is 7.38. The van der Waals surface area contributed by atoms with Crippen LogP contribution in [-0.2, 0) is 4.79 Å². The topological polar surface area (TPSA) is 75.6 Å². The van der Waals surface area contributed by atoms with Gasteiger partial charge in [0.25, 0.3) is 5.91 Å². The lowest BCUT2D eigenvalue weighted by Gasteiger charge is -2.07. The van der Waals surface area contributed by atoms with Gasteiger partial charge in [0.05, 0.1) is 7.11 Å². The lowest BCUT2D eigenvalue weighted by Crippen LogP contribution is -2.24. The smallest absolute Gasteiger partial charge is 0.303 e. The normalized spacial score (nSPS) is 10.3. The number of amides is 1. The molecule has 0 atom stereocenters. The fraction of sp³-hybridized carbons (Fsp3) is 0.500. The van der Waals surface area contributed by atoms with Gasteiger partial charge in [0.1, 0.15) is 0 Å². The van der Waals surface area contributed by atoms with Crippen LogP contribution in [0.1, 0.15) is 48.9 Å². The number of methoxy groups -OCH3 is 1. The average Bonchev–Trinajstić information content (AvgIpc) is 2.49. The summed E-state index contributed by atoms with van der Waals surface area (Å²) in [7, 11) is 1.37. The van der Waals surface area contributed by atoms with E-state index >= 15 is 0 Å². The Balaban J connectivity index is 2.18. The molecule has 6 heteroatoms. The third-order valence-corrected chi connectivity index (χ3v) is 3.27. The minimum Gasteiger partial charge on any atom is -0.494 e. The maximum absolute atomic E-state index is 13.5. The third-order valence-electron chi connectivity index (χ3n) is 3.27. The van der Waals surface area contributed by atoms with E-state index in [1.807, 2.05) is 0 Å². The number of carbonyl (C=O) groups is 2. The molecule has 0 radical (unpaired) electrons.